The van der Waals surface area contributed by atoms with Crippen LogP contribution in [0.2, 0.25) is 0 Å². The largest absolute Gasteiger partial charge is 0.478 e. The second-order valence-corrected chi connectivity index (χ2v) is 4.56. The predicted octanol–water partition coefficient (Wildman–Crippen LogP) is 2.15. The van der Waals surface area contributed by atoms with Gasteiger partial charge >= 0.3 is 5.97 Å². The van der Waals surface area contributed by atoms with E-state index in [1.165, 1.54) is 20.3 Å². The average Bonchev–Trinajstić information content (AvgIpc) is 2.43. The van der Waals surface area contributed by atoms with Gasteiger partial charge in [-0.15, -0.1) is 0 Å². The third-order valence-corrected chi connectivity index (χ3v) is 3.08. The maximum atomic E-state index is 14.1. The Balaban J connectivity index is 3.18. The Morgan fingerprint density at radius 2 is 1.95 bits per heavy atom. The SMILES string of the molecule is COCCN(c1ccc(C(=O)O)c(F)c1F)C(C)COC. The Morgan fingerprint density at radius 3 is 2.48 bits per heavy atom. The standard InChI is InChI=1S/C14H19F2NO4/c1-9(8-21-3)17(6-7-20-2)11-5-4-10(14(18)19)12(15)13(11)16/h4-5,9H,6-8H2,1-3H3,(H,18,19). The van der Waals surface area contributed by atoms with Crippen molar-refractivity contribution in [2.24, 2.45) is 0 Å². The van der Waals surface area contributed by atoms with Crippen molar-refractivity contribution in [1.29, 1.82) is 0 Å². The summed E-state index contributed by atoms with van der Waals surface area (Å²) >= 11 is 0. The van der Waals surface area contributed by atoms with E-state index in [9.17, 15) is 13.6 Å². The highest BCUT2D eigenvalue weighted by molar-refractivity contribution is 5.88. The number of carboxylic acids is 1. The number of hydrogen-bond donors (Lipinski definition) is 1. The fraction of sp³-hybridized carbons (Fsp3) is 0.500. The lowest BCUT2D eigenvalue weighted by atomic mass is 10.1. The van der Waals surface area contributed by atoms with Crippen LogP contribution in [0.4, 0.5) is 14.5 Å². The molecule has 1 unspecified atom stereocenters. The molecule has 0 amide bonds. The minimum absolute atomic E-state index is 0.0147. The van der Waals surface area contributed by atoms with Gasteiger partial charge in [-0.05, 0) is 19.1 Å². The monoisotopic (exact) mass is 303 g/mol. The Bertz CT molecular complexity index is 496. The first-order chi connectivity index (χ1) is 9.93. The van der Waals surface area contributed by atoms with Gasteiger partial charge in [0.15, 0.2) is 11.6 Å². The molecule has 21 heavy (non-hydrogen) atoms. The van der Waals surface area contributed by atoms with E-state index in [1.807, 2.05) is 0 Å². The van der Waals surface area contributed by atoms with Crippen LogP contribution in [-0.4, -0.2) is 51.1 Å². The Labute approximate surface area is 122 Å². The second kappa shape index (κ2) is 7.90. The zero-order valence-electron chi connectivity index (χ0n) is 12.2. The Hall–Kier alpha value is -1.73. The number of hydrogen-bond acceptors (Lipinski definition) is 4. The van der Waals surface area contributed by atoms with Crippen LogP contribution in [0.5, 0.6) is 0 Å². The highest BCUT2D eigenvalue weighted by Gasteiger charge is 2.23. The van der Waals surface area contributed by atoms with E-state index in [0.29, 0.717) is 19.8 Å². The molecule has 1 aromatic carbocycles. The third kappa shape index (κ3) is 4.12. The van der Waals surface area contributed by atoms with Gasteiger partial charge in [0.25, 0.3) is 0 Å². The van der Waals surface area contributed by atoms with Gasteiger partial charge in [0, 0.05) is 26.8 Å². The molecule has 5 nitrogen and oxygen atoms in total. The normalized spacial score (nSPS) is 12.2. The molecule has 0 aromatic heterocycles. The third-order valence-electron chi connectivity index (χ3n) is 3.08. The first-order valence-electron chi connectivity index (χ1n) is 6.39. The lowest BCUT2D eigenvalue weighted by Crippen LogP contribution is -2.39. The molecule has 1 aromatic rings. The summed E-state index contributed by atoms with van der Waals surface area (Å²) in [6.45, 7) is 2.74. The Kier molecular flexibility index (Phi) is 6.51. The predicted molar refractivity (Wildman–Crippen MR) is 73.9 cm³/mol. The summed E-state index contributed by atoms with van der Waals surface area (Å²) in [5, 5.41) is 8.79. The number of carbonyl (C=O) groups is 1. The van der Waals surface area contributed by atoms with Crippen molar-refractivity contribution in [3.8, 4) is 0 Å². The summed E-state index contributed by atoms with van der Waals surface area (Å²) in [4.78, 5) is 12.4. The second-order valence-electron chi connectivity index (χ2n) is 4.56. The van der Waals surface area contributed by atoms with Crippen molar-refractivity contribution >= 4 is 11.7 Å². The quantitative estimate of drug-likeness (QED) is 0.797. The number of benzene rings is 1. The molecule has 0 saturated heterocycles. The van der Waals surface area contributed by atoms with Crippen LogP contribution in [0.25, 0.3) is 0 Å². The minimum Gasteiger partial charge on any atom is -0.478 e. The van der Waals surface area contributed by atoms with Crippen molar-refractivity contribution in [3.63, 3.8) is 0 Å². The smallest absolute Gasteiger partial charge is 0.338 e. The lowest BCUT2D eigenvalue weighted by Gasteiger charge is -2.31. The van der Waals surface area contributed by atoms with Crippen LogP contribution >= 0.6 is 0 Å². The van der Waals surface area contributed by atoms with Gasteiger partial charge in [-0.25, -0.2) is 13.6 Å². The van der Waals surface area contributed by atoms with Gasteiger partial charge in [0.1, 0.15) is 0 Å². The van der Waals surface area contributed by atoms with E-state index in [1.54, 1.807) is 11.8 Å². The molecular weight excluding hydrogens is 284 g/mol. The maximum Gasteiger partial charge on any atom is 0.338 e. The molecule has 1 rings (SSSR count). The van der Waals surface area contributed by atoms with E-state index in [-0.39, 0.29) is 11.7 Å². The summed E-state index contributed by atoms with van der Waals surface area (Å²) in [6.07, 6.45) is 0. The van der Waals surface area contributed by atoms with Crippen LogP contribution in [0.1, 0.15) is 17.3 Å². The number of ether oxygens (including phenoxy) is 2. The van der Waals surface area contributed by atoms with Crippen LogP contribution in [0, 0.1) is 11.6 Å². The number of anilines is 1. The number of nitrogens with zero attached hydrogens (tertiary/aromatic N) is 1. The summed E-state index contributed by atoms with van der Waals surface area (Å²) in [5.41, 5.74) is -0.707. The molecule has 0 spiro atoms. The first-order valence-corrected chi connectivity index (χ1v) is 6.39. The van der Waals surface area contributed by atoms with Gasteiger partial charge in [-0.3, -0.25) is 0 Å². The van der Waals surface area contributed by atoms with Gasteiger partial charge in [0.05, 0.1) is 24.5 Å². The van der Waals surface area contributed by atoms with Crippen LogP contribution < -0.4 is 4.90 Å². The summed E-state index contributed by atoms with van der Waals surface area (Å²) in [7, 11) is 3.01. The fourth-order valence-electron chi connectivity index (χ4n) is 2.03. The molecule has 0 radical (unpaired) electrons. The lowest BCUT2D eigenvalue weighted by molar-refractivity contribution is 0.0690. The minimum atomic E-state index is -1.51. The molecule has 0 aliphatic carbocycles. The molecule has 7 heteroatoms. The van der Waals surface area contributed by atoms with Crippen molar-refractivity contribution in [2.75, 3.05) is 38.9 Å². The van der Waals surface area contributed by atoms with E-state index in [2.05, 4.69) is 0 Å². The van der Waals surface area contributed by atoms with Crippen LogP contribution in [-0.2, 0) is 9.47 Å². The molecule has 0 aliphatic heterocycles. The summed E-state index contributed by atoms with van der Waals surface area (Å²) < 4.78 is 37.9. The molecule has 118 valence electrons. The number of aromatic carboxylic acids is 1. The van der Waals surface area contributed by atoms with Crippen molar-refractivity contribution in [3.05, 3.63) is 29.3 Å². The number of carboxylic acid groups (broad SMARTS) is 1. The van der Waals surface area contributed by atoms with Crippen LogP contribution in [0.15, 0.2) is 12.1 Å². The molecule has 1 N–H and O–H groups in total. The first kappa shape index (κ1) is 17.3. The zero-order chi connectivity index (χ0) is 16.0. The summed E-state index contributed by atoms with van der Waals surface area (Å²) in [6, 6.07) is 2.08. The van der Waals surface area contributed by atoms with Crippen molar-refractivity contribution < 1.29 is 28.2 Å². The molecule has 0 aliphatic rings. The Morgan fingerprint density at radius 1 is 1.29 bits per heavy atom. The molecule has 1 atom stereocenters. The van der Waals surface area contributed by atoms with E-state index in [0.717, 1.165) is 6.07 Å². The highest BCUT2D eigenvalue weighted by Crippen LogP contribution is 2.26. The van der Waals surface area contributed by atoms with E-state index < -0.39 is 23.2 Å². The van der Waals surface area contributed by atoms with Gasteiger partial charge in [-0.2, -0.15) is 0 Å². The number of halogens is 2. The fourth-order valence-corrected chi connectivity index (χ4v) is 2.03. The molecule has 0 fully saturated rings. The van der Waals surface area contributed by atoms with Crippen molar-refractivity contribution in [1.82, 2.24) is 0 Å². The van der Waals surface area contributed by atoms with E-state index in [4.69, 9.17) is 14.6 Å². The topological polar surface area (TPSA) is 59.0 Å². The van der Waals surface area contributed by atoms with Gasteiger partial charge in [-0.1, -0.05) is 0 Å². The van der Waals surface area contributed by atoms with Gasteiger partial charge in [0.2, 0.25) is 0 Å². The molecule has 0 heterocycles. The molecule has 0 saturated carbocycles. The average molecular weight is 303 g/mol. The van der Waals surface area contributed by atoms with Crippen LogP contribution in [0.3, 0.4) is 0 Å². The number of methoxy groups -OCH3 is 2. The zero-order valence-corrected chi connectivity index (χ0v) is 12.2. The highest BCUT2D eigenvalue weighted by atomic mass is 19.2. The molecular formula is C14H19F2NO4. The van der Waals surface area contributed by atoms with Gasteiger partial charge < -0.3 is 19.5 Å². The summed E-state index contributed by atoms with van der Waals surface area (Å²) in [5.74, 6) is -4.06. The number of rotatable bonds is 8. The maximum absolute atomic E-state index is 14.1. The van der Waals surface area contributed by atoms with E-state index >= 15 is 0 Å². The van der Waals surface area contributed by atoms with Crippen molar-refractivity contribution in [2.45, 2.75) is 13.0 Å². The molecule has 0 bridgehead atoms.